The van der Waals surface area contributed by atoms with Gasteiger partial charge in [-0.05, 0) is 40.4 Å². The van der Waals surface area contributed by atoms with Crippen molar-refractivity contribution in [2.24, 2.45) is 5.92 Å². The lowest BCUT2D eigenvalue weighted by atomic mass is 9.91. The van der Waals surface area contributed by atoms with Crippen LogP contribution >= 0.6 is 27.3 Å². The van der Waals surface area contributed by atoms with E-state index in [0.717, 1.165) is 19.5 Å². The molecule has 1 unspecified atom stereocenters. The van der Waals surface area contributed by atoms with Gasteiger partial charge >= 0.3 is 0 Å². The molecule has 0 aliphatic rings. The number of rotatable bonds is 7. The third kappa shape index (κ3) is 4.70. The van der Waals surface area contributed by atoms with Gasteiger partial charge in [0.25, 0.3) is 0 Å². The summed E-state index contributed by atoms with van der Waals surface area (Å²) in [6.45, 7) is 8.72. The number of hydrogen-bond acceptors (Lipinski definition) is 3. The Kier molecular flexibility index (Phi) is 6.13. The third-order valence-corrected chi connectivity index (χ3v) is 5.07. The van der Waals surface area contributed by atoms with Crippen molar-refractivity contribution in [1.29, 1.82) is 0 Å². The van der Waals surface area contributed by atoms with Crippen LogP contribution in [0.25, 0.3) is 0 Å². The van der Waals surface area contributed by atoms with Crippen LogP contribution in [0.15, 0.2) is 15.9 Å². The molecule has 1 rings (SSSR count). The van der Waals surface area contributed by atoms with Crippen LogP contribution in [-0.4, -0.2) is 24.8 Å². The average molecular weight is 320 g/mol. The Morgan fingerprint density at radius 2 is 2.18 bits per heavy atom. The fraction of sp³-hybridized carbons (Fsp3) is 0.692. The smallest absolute Gasteiger partial charge is 0.0701 e. The molecule has 0 saturated carbocycles. The van der Waals surface area contributed by atoms with Crippen molar-refractivity contribution in [2.75, 3.05) is 19.7 Å². The SMILES string of the molecule is CCC(CO)CNCC(C)(C)c1ccc(Br)s1. The molecule has 17 heavy (non-hydrogen) atoms. The molecule has 0 fully saturated rings. The molecule has 4 heteroatoms. The van der Waals surface area contributed by atoms with Crippen LogP contribution in [0, 0.1) is 5.92 Å². The first-order chi connectivity index (χ1) is 7.99. The lowest BCUT2D eigenvalue weighted by molar-refractivity contribution is 0.217. The Bertz CT molecular complexity index is 334. The van der Waals surface area contributed by atoms with Crippen LogP contribution in [-0.2, 0) is 5.41 Å². The number of aliphatic hydroxyl groups is 1. The molecule has 1 heterocycles. The number of thiophene rings is 1. The lowest BCUT2D eigenvalue weighted by Crippen LogP contribution is -2.35. The quantitative estimate of drug-likeness (QED) is 0.807. The van der Waals surface area contributed by atoms with Gasteiger partial charge in [-0.2, -0.15) is 0 Å². The summed E-state index contributed by atoms with van der Waals surface area (Å²) in [6, 6.07) is 4.28. The fourth-order valence-corrected chi connectivity index (χ4v) is 3.18. The van der Waals surface area contributed by atoms with E-state index in [4.69, 9.17) is 5.11 Å². The highest BCUT2D eigenvalue weighted by atomic mass is 79.9. The van der Waals surface area contributed by atoms with Gasteiger partial charge in [-0.15, -0.1) is 11.3 Å². The van der Waals surface area contributed by atoms with Gasteiger partial charge in [0.05, 0.1) is 3.79 Å². The molecule has 0 amide bonds. The van der Waals surface area contributed by atoms with Crippen molar-refractivity contribution >= 4 is 27.3 Å². The third-order valence-electron chi connectivity index (χ3n) is 3.08. The Hall–Kier alpha value is 0.1000. The van der Waals surface area contributed by atoms with Gasteiger partial charge in [0.15, 0.2) is 0 Å². The normalized spacial score (nSPS) is 13.9. The van der Waals surface area contributed by atoms with Gasteiger partial charge in [-0.25, -0.2) is 0 Å². The van der Waals surface area contributed by atoms with Crippen LogP contribution in [0.2, 0.25) is 0 Å². The van der Waals surface area contributed by atoms with Gasteiger partial charge in [0.2, 0.25) is 0 Å². The van der Waals surface area contributed by atoms with Crippen molar-refractivity contribution in [3.63, 3.8) is 0 Å². The Labute approximate surface area is 117 Å². The summed E-state index contributed by atoms with van der Waals surface area (Å²) in [4.78, 5) is 1.38. The minimum absolute atomic E-state index is 0.143. The Morgan fingerprint density at radius 1 is 1.47 bits per heavy atom. The number of hydrogen-bond donors (Lipinski definition) is 2. The van der Waals surface area contributed by atoms with E-state index in [1.54, 1.807) is 11.3 Å². The van der Waals surface area contributed by atoms with Crippen LogP contribution in [0.4, 0.5) is 0 Å². The minimum atomic E-state index is 0.143. The van der Waals surface area contributed by atoms with Gasteiger partial charge < -0.3 is 10.4 Å². The molecule has 1 aromatic heterocycles. The molecule has 0 radical (unpaired) electrons. The molecule has 98 valence electrons. The molecule has 0 aliphatic heterocycles. The molecular formula is C13H22BrNOS. The lowest BCUT2D eigenvalue weighted by Gasteiger charge is -2.25. The summed E-state index contributed by atoms with van der Waals surface area (Å²) in [5, 5.41) is 12.6. The van der Waals surface area contributed by atoms with Crippen molar-refractivity contribution in [1.82, 2.24) is 5.32 Å². The summed E-state index contributed by atoms with van der Waals surface area (Å²) in [5.74, 6) is 0.376. The van der Waals surface area contributed by atoms with Crippen molar-refractivity contribution in [3.8, 4) is 0 Å². The zero-order valence-electron chi connectivity index (χ0n) is 10.8. The van der Waals surface area contributed by atoms with E-state index in [9.17, 15) is 0 Å². The highest BCUT2D eigenvalue weighted by molar-refractivity contribution is 9.11. The Morgan fingerprint density at radius 3 is 2.65 bits per heavy atom. The number of halogens is 1. The standard InChI is InChI=1S/C13H22BrNOS/c1-4-10(8-16)7-15-9-13(2,3)11-5-6-12(14)17-11/h5-6,10,15-16H,4,7-9H2,1-3H3. The second-order valence-corrected chi connectivity index (χ2v) is 7.54. The van der Waals surface area contributed by atoms with Gasteiger partial charge in [-0.3, -0.25) is 0 Å². The largest absolute Gasteiger partial charge is 0.396 e. The highest BCUT2D eigenvalue weighted by Crippen LogP contribution is 2.32. The molecule has 0 saturated heterocycles. The topological polar surface area (TPSA) is 32.3 Å². The zero-order chi connectivity index (χ0) is 12.9. The molecule has 1 aromatic rings. The molecular weight excluding hydrogens is 298 g/mol. The first-order valence-electron chi connectivity index (χ1n) is 6.07. The van der Waals surface area contributed by atoms with Crippen LogP contribution in [0.3, 0.4) is 0 Å². The van der Waals surface area contributed by atoms with Gasteiger partial charge in [0, 0.05) is 30.0 Å². The molecule has 0 aromatic carbocycles. The maximum Gasteiger partial charge on any atom is 0.0701 e. The van der Waals surface area contributed by atoms with Gasteiger partial charge in [-0.1, -0.05) is 20.8 Å². The van der Waals surface area contributed by atoms with E-state index in [0.29, 0.717) is 5.92 Å². The molecule has 0 bridgehead atoms. The highest BCUT2D eigenvalue weighted by Gasteiger charge is 2.22. The average Bonchev–Trinajstić information content (AvgIpc) is 2.72. The van der Waals surface area contributed by atoms with E-state index < -0.39 is 0 Å². The van der Waals surface area contributed by atoms with E-state index in [-0.39, 0.29) is 12.0 Å². The summed E-state index contributed by atoms with van der Waals surface area (Å²) < 4.78 is 1.18. The van der Waals surface area contributed by atoms with Crippen molar-refractivity contribution in [3.05, 3.63) is 20.8 Å². The molecule has 0 aliphatic carbocycles. The molecule has 1 atom stereocenters. The van der Waals surface area contributed by atoms with Gasteiger partial charge in [0.1, 0.15) is 0 Å². The molecule has 2 nitrogen and oxygen atoms in total. The first kappa shape index (κ1) is 15.2. The van der Waals surface area contributed by atoms with E-state index >= 15 is 0 Å². The van der Waals surface area contributed by atoms with E-state index in [1.807, 2.05) is 0 Å². The second kappa shape index (κ2) is 6.88. The van der Waals surface area contributed by atoms with Crippen LogP contribution in [0.1, 0.15) is 32.1 Å². The predicted octanol–water partition coefficient (Wildman–Crippen LogP) is 3.40. The summed E-state index contributed by atoms with van der Waals surface area (Å²) in [6.07, 6.45) is 1.02. The minimum Gasteiger partial charge on any atom is -0.396 e. The van der Waals surface area contributed by atoms with Crippen molar-refractivity contribution < 1.29 is 5.11 Å². The molecule has 2 N–H and O–H groups in total. The first-order valence-corrected chi connectivity index (χ1v) is 7.68. The predicted molar refractivity (Wildman–Crippen MR) is 78.8 cm³/mol. The number of aliphatic hydroxyl groups excluding tert-OH is 1. The summed E-state index contributed by atoms with van der Waals surface area (Å²) >= 11 is 5.30. The van der Waals surface area contributed by atoms with E-state index in [1.165, 1.54) is 8.66 Å². The zero-order valence-corrected chi connectivity index (χ0v) is 13.2. The maximum atomic E-state index is 9.13. The number of nitrogens with one attached hydrogen (secondary N) is 1. The second-order valence-electron chi connectivity index (χ2n) is 5.08. The summed E-state index contributed by atoms with van der Waals surface area (Å²) in [7, 11) is 0. The van der Waals surface area contributed by atoms with Crippen LogP contribution in [0.5, 0.6) is 0 Å². The monoisotopic (exact) mass is 319 g/mol. The van der Waals surface area contributed by atoms with Crippen molar-refractivity contribution in [2.45, 2.75) is 32.6 Å². The van der Waals surface area contributed by atoms with E-state index in [2.05, 4.69) is 54.2 Å². The fourth-order valence-electron chi connectivity index (χ4n) is 1.69. The summed E-state index contributed by atoms with van der Waals surface area (Å²) in [5.41, 5.74) is 0.143. The Balaban J connectivity index is 2.44. The van der Waals surface area contributed by atoms with Crippen LogP contribution < -0.4 is 5.32 Å². The molecule has 0 spiro atoms. The maximum absolute atomic E-state index is 9.13.